The Morgan fingerprint density at radius 1 is 1.28 bits per heavy atom. The Hall–Kier alpha value is -1.06. The molecule has 1 aliphatic heterocycles. The summed E-state index contributed by atoms with van der Waals surface area (Å²) in [6.45, 7) is 3.54. The fourth-order valence-corrected chi connectivity index (χ4v) is 3.22. The molecule has 18 heavy (non-hydrogen) atoms. The Morgan fingerprint density at radius 2 is 2.11 bits per heavy atom. The van der Waals surface area contributed by atoms with Gasteiger partial charge < -0.3 is 10.2 Å². The fourth-order valence-electron chi connectivity index (χ4n) is 3.22. The molecule has 1 aliphatic carbocycles. The molecule has 0 aromatic heterocycles. The van der Waals surface area contributed by atoms with Gasteiger partial charge in [0.1, 0.15) is 0 Å². The number of hydrogen-bond donors (Lipinski definition) is 1. The third kappa shape index (κ3) is 2.85. The van der Waals surface area contributed by atoms with Crippen LogP contribution < -0.4 is 5.32 Å². The average molecular weight is 252 g/mol. The van der Waals surface area contributed by atoms with E-state index in [1.807, 2.05) is 11.8 Å². The van der Waals surface area contributed by atoms with Gasteiger partial charge in [0.15, 0.2) is 0 Å². The van der Waals surface area contributed by atoms with Crippen molar-refractivity contribution in [3.05, 3.63) is 0 Å². The van der Waals surface area contributed by atoms with E-state index in [9.17, 15) is 9.59 Å². The highest BCUT2D eigenvalue weighted by Gasteiger charge is 2.38. The maximum Gasteiger partial charge on any atom is 0.225 e. The summed E-state index contributed by atoms with van der Waals surface area (Å²) in [5.41, 5.74) is 0. The second-order valence-corrected chi connectivity index (χ2v) is 5.40. The Kier molecular flexibility index (Phi) is 4.61. The summed E-state index contributed by atoms with van der Waals surface area (Å²) in [7, 11) is 0. The number of nitrogens with zero attached hydrogens (tertiary/aromatic N) is 1. The first-order chi connectivity index (χ1) is 8.74. The van der Waals surface area contributed by atoms with Crippen molar-refractivity contribution in [2.45, 2.75) is 57.9 Å². The maximum absolute atomic E-state index is 12.1. The molecule has 2 atom stereocenters. The van der Waals surface area contributed by atoms with Gasteiger partial charge in [0, 0.05) is 25.6 Å². The Balaban J connectivity index is 2.14. The minimum atomic E-state index is 0.0265. The molecule has 1 heterocycles. The number of carbonyl (C=O) groups is 2. The first-order valence-electron chi connectivity index (χ1n) is 7.31. The number of nitrogens with one attached hydrogen (secondary N) is 1. The summed E-state index contributed by atoms with van der Waals surface area (Å²) < 4.78 is 0. The van der Waals surface area contributed by atoms with Crippen molar-refractivity contribution in [1.82, 2.24) is 10.2 Å². The quantitative estimate of drug-likeness (QED) is 0.772. The lowest BCUT2D eigenvalue weighted by Crippen LogP contribution is -2.48. The topological polar surface area (TPSA) is 49.4 Å². The number of fused-ring (bicyclic) bond motifs is 1. The van der Waals surface area contributed by atoms with E-state index >= 15 is 0 Å². The van der Waals surface area contributed by atoms with Gasteiger partial charge in [-0.25, -0.2) is 0 Å². The third-order valence-corrected chi connectivity index (χ3v) is 4.21. The Labute approximate surface area is 109 Å². The van der Waals surface area contributed by atoms with Gasteiger partial charge in [0.05, 0.1) is 5.92 Å². The number of amides is 2. The highest BCUT2D eigenvalue weighted by atomic mass is 16.2. The van der Waals surface area contributed by atoms with Crippen molar-refractivity contribution in [3.63, 3.8) is 0 Å². The summed E-state index contributed by atoms with van der Waals surface area (Å²) in [6, 6.07) is 0.149. The van der Waals surface area contributed by atoms with Crippen LogP contribution in [0.15, 0.2) is 0 Å². The molecular formula is C14H24N2O2. The minimum Gasteiger partial charge on any atom is -0.356 e. The van der Waals surface area contributed by atoms with Gasteiger partial charge in [-0.05, 0) is 32.1 Å². The lowest BCUT2D eigenvalue weighted by Gasteiger charge is -2.33. The van der Waals surface area contributed by atoms with Crippen molar-refractivity contribution < 1.29 is 9.59 Å². The third-order valence-electron chi connectivity index (χ3n) is 4.21. The minimum absolute atomic E-state index is 0.0265. The van der Waals surface area contributed by atoms with E-state index in [0.717, 1.165) is 51.6 Å². The van der Waals surface area contributed by atoms with Crippen LogP contribution in [0.4, 0.5) is 0 Å². The van der Waals surface area contributed by atoms with Crippen LogP contribution in [0.2, 0.25) is 0 Å². The zero-order chi connectivity index (χ0) is 13.0. The van der Waals surface area contributed by atoms with Crippen LogP contribution in [0.1, 0.15) is 51.9 Å². The van der Waals surface area contributed by atoms with E-state index < -0.39 is 0 Å². The van der Waals surface area contributed by atoms with Gasteiger partial charge in [-0.2, -0.15) is 0 Å². The first kappa shape index (κ1) is 13.4. The SMILES string of the molecule is CCC(=O)N1CCCCCNC(=O)[C@@H]2CCC[C@@H]21. The number of hydrogen-bond acceptors (Lipinski definition) is 2. The summed E-state index contributed by atoms with van der Waals surface area (Å²) in [5.74, 6) is 0.396. The number of carbonyl (C=O) groups excluding carboxylic acids is 2. The molecule has 0 unspecified atom stereocenters. The predicted octanol–water partition coefficient (Wildman–Crippen LogP) is 1.69. The van der Waals surface area contributed by atoms with Crippen molar-refractivity contribution in [3.8, 4) is 0 Å². The summed E-state index contributed by atoms with van der Waals surface area (Å²) in [4.78, 5) is 26.2. The van der Waals surface area contributed by atoms with Crippen LogP contribution >= 0.6 is 0 Å². The van der Waals surface area contributed by atoms with Crippen molar-refractivity contribution in [2.24, 2.45) is 5.92 Å². The molecular weight excluding hydrogens is 228 g/mol. The molecule has 1 saturated heterocycles. The fraction of sp³-hybridized carbons (Fsp3) is 0.857. The van der Waals surface area contributed by atoms with Gasteiger partial charge in [0.2, 0.25) is 11.8 Å². The second-order valence-electron chi connectivity index (χ2n) is 5.40. The van der Waals surface area contributed by atoms with Crippen LogP contribution in [0.3, 0.4) is 0 Å². The molecule has 1 N–H and O–H groups in total. The molecule has 0 aromatic carbocycles. The average Bonchev–Trinajstić information content (AvgIpc) is 2.85. The molecule has 2 rings (SSSR count). The largest absolute Gasteiger partial charge is 0.356 e. The van der Waals surface area contributed by atoms with E-state index in [4.69, 9.17) is 0 Å². The molecule has 0 radical (unpaired) electrons. The molecule has 2 amide bonds. The normalized spacial score (nSPS) is 29.6. The van der Waals surface area contributed by atoms with Crippen LogP contribution in [0, 0.1) is 5.92 Å². The molecule has 102 valence electrons. The van der Waals surface area contributed by atoms with Crippen molar-refractivity contribution >= 4 is 11.8 Å². The molecule has 4 nitrogen and oxygen atoms in total. The highest BCUT2D eigenvalue weighted by molar-refractivity contribution is 5.82. The summed E-state index contributed by atoms with van der Waals surface area (Å²) >= 11 is 0. The van der Waals surface area contributed by atoms with E-state index in [1.165, 1.54) is 0 Å². The smallest absolute Gasteiger partial charge is 0.225 e. The van der Waals surface area contributed by atoms with Gasteiger partial charge >= 0.3 is 0 Å². The summed E-state index contributed by atoms with van der Waals surface area (Å²) in [5, 5.41) is 3.02. The lowest BCUT2D eigenvalue weighted by molar-refractivity contribution is -0.136. The van der Waals surface area contributed by atoms with Gasteiger partial charge in [-0.1, -0.05) is 13.3 Å². The molecule has 0 spiro atoms. The molecule has 0 bridgehead atoms. The zero-order valence-electron chi connectivity index (χ0n) is 11.3. The standard InChI is InChI=1S/C14H24N2O2/c1-2-13(17)16-10-5-3-4-9-15-14(18)11-7-6-8-12(11)16/h11-12H,2-10H2,1H3,(H,15,18)/t11-,12+/m1/s1. The van der Waals surface area contributed by atoms with Crippen LogP contribution in [-0.2, 0) is 9.59 Å². The number of rotatable bonds is 1. The highest BCUT2D eigenvalue weighted by Crippen LogP contribution is 2.31. The molecule has 1 saturated carbocycles. The van der Waals surface area contributed by atoms with E-state index in [-0.39, 0.29) is 23.8 Å². The zero-order valence-corrected chi connectivity index (χ0v) is 11.3. The van der Waals surface area contributed by atoms with Crippen LogP contribution in [0.25, 0.3) is 0 Å². The van der Waals surface area contributed by atoms with Gasteiger partial charge in [-0.3, -0.25) is 9.59 Å². The van der Waals surface area contributed by atoms with Gasteiger partial charge in [-0.15, -0.1) is 0 Å². The van der Waals surface area contributed by atoms with Crippen LogP contribution in [-0.4, -0.2) is 35.8 Å². The van der Waals surface area contributed by atoms with E-state index in [2.05, 4.69) is 5.32 Å². The maximum atomic E-state index is 12.1. The summed E-state index contributed by atoms with van der Waals surface area (Å²) in [6.07, 6.45) is 6.71. The first-order valence-corrected chi connectivity index (χ1v) is 7.31. The Morgan fingerprint density at radius 3 is 2.89 bits per heavy atom. The van der Waals surface area contributed by atoms with E-state index in [1.54, 1.807) is 0 Å². The van der Waals surface area contributed by atoms with Crippen molar-refractivity contribution in [2.75, 3.05) is 13.1 Å². The molecule has 0 aromatic rings. The Bertz CT molecular complexity index is 317. The van der Waals surface area contributed by atoms with E-state index in [0.29, 0.717) is 6.42 Å². The molecule has 2 fully saturated rings. The molecule has 2 aliphatic rings. The molecule has 4 heteroatoms. The monoisotopic (exact) mass is 252 g/mol. The van der Waals surface area contributed by atoms with Gasteiger partial charge in [0.25, 0.3) is 0 Å². The van der Waals surface area contributed by atoms with Crippen LogP contribution in [0.5, 0.6) is 0 Å². The second kappa shape index (κ2) is 6.21. The van der Waals surface area contributed by atoms with Crippen molar-refractivity contribution in [1.29, 1.82) is 0 Å². The lowest BCUT2D eigenvalue weighted by atomic mass is 9.99. The predicted molar refractivity (Wildman–Crippen MR) is 70.0 cm³/mol.